The molecule has 15 heavy (non-hydrogen) atoms. The largest absolute Gasteiger partial charge is 0.282 e. The molecule has 0 saturated heterocycles. The van der Waals surface area contributed by atoms with Crippen molar-refractivity contribution in [3.05, 3.63) is 34.5 Å². The van der Waals surface area contributed by atoms with Gasteiger partial charge in [0.25, 0.3) is 0 Å². The monoisotopic (exact) mass is 310 g/mol. The van der Waals surface area contributed by atoms with E-state index in [0.717, 1.165) is 0 Å². The minimum Gasteiger partial charge on any atom is -0.282 e. The van der Waals surface area contributed by atoms with Gasteiger partial charge in [-0.15, -0.1) is 6.58 Å². The Morgan fingerprint density at radius 2 is 2.33 bits per heavy atom. The molecule has 1 aromatic heterocycles. The topological polar surface area (TPSA) is 59.1 Å². The maximum Gasteiger partial charge on any atom is 0.236 e. The van der Waals surface area contributed by atoms with Crippen LogP contribution in [0.5, 0.6) is 0 Å². The number of hydrogen-bond donors (Lipinski definition) is 1. The molecule has 0 aliphatic rings. The number of aromatic nitrogens is 1. The highest BCUT2D eigenvalue weighted by molar-refractivity contribution is 9.10. The zero-order valence-electron chi connectivity index (χ0n) is 7.57. The second kappa shape index (κ2) is 4.96. The fraction of sp³-hybridized carbons (Fsp3) is 0.125. The molecule has 1 N–H and O–H groups in total. The van der Waals surface area contributed by atoms with Gasteiger partial charge in [0.1, 0.15) is 5.15 Å². The molecule has 0 fully saturated rings. The van der Waals surface area contributed by atoms with Gasteiger partial charge in [-0.05, 0) is 22.0 Å². The lowest BCUT2D eigenvalue weighted by atomic mass is 10.4. The van der Waals surface area contributed by atoms with Crippen molar-refractivity contribution in [2.24, 2.45) is 0 Å². The minimum atomic E-state index is -3.39. The van der Waals surface area contributed by atoms with Crippen LogP contribution in [0.15, 0.2) is 29.4 Å². The van der Waals surface area contributed by atoms with Gasteiger partial charge < -0.3 is 0 Å². The summed E-state index contributed by atoms with van der Waals surface area (Å²) in [6, 6.07) is 1.54. The van der Waals surface area contributed by atoms with Gasteiger partial charge in [0, 0.05) is 0 Å². The zero-order valence-corrected chi connectivity index (χ0v) is 10.7. The molecule has 0 radical (unpaired) electrons. The van der Waals surface area contributed by atoms with Crippen molar-refractivity contribution < 1.29 is 8.42 Å². The quantitative estimate of drug-likeness (QED) is 0.686. The summed E-state index contributed by atoms with van der Waals surface area (Å²) in [5, 5.41) is 0.279. The first-order valence-corrected chi connectivity index (χ1v) is 6.69. The van der Waals surface area contributed by atoms with Gasteiger partial charge in [-0.1, -0.05) is 17.7 Å². The van der Waals surface area contributed by atoms with Crippen molar-refractivity contribution in [2.45, 2.75) is 0 Å². The predicted molar refractivity (Wildman–Crippen MR) is 64.6 cm³/mol. The number of halogens is 2. The van der Waals surface area contributed by atoms with Crippen LogP contribution >= 0.6 is 27.5 Å². The van der Waals surface area contributed by atoms with E-state index in [-0.39, 0.29) is 10.9 Å². The summed E-state index contributed by atoms with van der Waals surface area (Å²) in [5.74, 6) is -0.146. The number of nitrogens with zero attached hydrogens (tertiary/aromatic N) is 1. The molecule has 82 valence electrons. The lowest BCUT2D eigenvalue weighted by Crippen LogP contribution is -2.15. The molecule has 1 aromatic rings. The predicted octanol–water partition coefficient (Wildman–Crippen LogP) is 2.43. The van der Waals surface area contributed by atoms with Crippen LogP contribution in [0.2, 0.25) is 5.15 Å². The first kappa shape index (κ1) is 12.5. The average Bonchev–Trinajstić information content (AvgIpc) is 2.10. The average molecular weight is 312 g/mol. The van der Waals surface area contributed by atoms with Crippen molar-refractivity contribution in [2.75, 3.05) is 10.5 Å². The van der Waals surface area contributed by atoms with E-state index < -0.39 is 10.0 Å². The molecule has 0 amide bonds. The SMILES string of the molecule is C=CCS(=O)(=O)Nc1cnc(Cl)c(Br)c1. The van der Waals surface area contributed by atoms with E-state index in [1.54, 1.807) is 0 Å². The number of nitrogens with one attached hydrogen (secondary N) is 1. The van der Waals surface area contributed by atoms with Gasteiger partial charge in [0.05, 0.1) is 22.1 Å². The Bertz CT molecular complexity index is 476. The second-order valence-corrected chi connectivity index (χ2v) is 5.65. The molecule has 0 aliphatic carbocycles. The Morgan fingerprint density at radius 3 is 2.87 bits per heavy atom. The van der Waals surface area contributed by atoms with Crippen molar-refractivity contribution in [3.63, 3.8) is 0 Å². The van der Waals surface area contributed by atoms with Crippen LogP contribution in [-0.2, 0) is 10.0 Å². The number of pyridine rings is 1. The first-order valence-electron chi connectivity index (χ1n) is 3.87. The Morgan fingerprint density at radius 1 is 1.67 bits per heavy atom. The summed E-state index contributed by atoms with van der Waals surface area (Å²) in [7, 11) is -3.39. The van der Waals surface area contributed by atoms with Gasteiger partial charge in [0.2, 0.25) is 10.0 Å². The standard InChI is InChI=1S/C8H8BrClN2O2S/c1-2-3-15(13,14)12-6-4-7(9)8(10)11-5-6/h2,4-5,12H,1,3H2. The number of anilines is 1. The highest BCUT2D eigenvalue weighted by atomic mass is 79.9. The lowest BCUT2D eigenvalue weighted by Gasteiger charge is -2.06. The van der Waals surface area contributed by atoms with E-state index in [4.69, 9.17) is 11.6 Å². The summed E-state index contributed by atoms with van der Waals surface area (Å²) >= 11 is 8.80. The molecule has 0 spiro atoms. The molecule has 0 aromatic carbocycles. The Kier molecular flexibility index (Phi) is 4.12. The van der Waals surface area contributed by atoms with E-state index >= 15 is 0 Å². The van der Waals surface area contributed by atoms with Crippen molar-refractivity contribution >= 4 is 43.2 Å². The van der Waals surface area contributed by atoms with Crippen LogP contribution in [0.4, 0.5) is 5.69 Å². The summed E-state index contributed by atoms with van der Waals surface area (Å²) in [6.07, 6.45) is 2.65. The van der Waals surface area contributed by atoms with E-state index in [0.29, 0.717) is 10.2 Å². The van der Waals surface area contributed by atoms with E-state index in [1.807, 2.05) is 0 Å². The summed E-state index contributed by atoms with van der Waals surface area (Å²) in [6.45, 7) is 3.35. The third-order valence-corrected chi connectivity index (χ3v) is 3.76. The van der Waals surface area contributed by atoms with Gasteiger partial charge in [0.15, 0.2) is 0 Å². The van der Waals surface area contributed by atoms with Crippen molar-refractivity contribution in [1.82, 2.24) is 4.98 Å². The Balaban J connectivity index is 2.91. The molecule has 0 atom stereocenters. The molecule has 1 rings (SSSR count). The van der Waals surface area contributed by atoms with Gasteiger partial charge in [-0.25, -0.2) is 13.4 Å². The van der Waals surface area contributed by atoms with Gasteiger partial charge >= 0.3 is 0 Å². The maximum atomic E-state index is 11.3. The number of hydrogen-bond acceptors (Lipinski definition) is 3. The van der Waals surface area contributed by atoms with Gasteiger partial charge in [-0.2, -0.15) is 0 Å². The summed E-state index contributed by atoms with van der Waals surface area (Å²) < 4.78 is 25.5. The van der Waals surface area contributed by atoms with Crippen LogP contribution in [0, 0.1) is 0 Å². The molecule has 0 unspecified atom stereocenters. The van der Waals surface area contributed by atoms with Gasteiger partial charge in [-0.3, -0.25) is 4.72 Å². The lowest BCUT2D eigenvalue weighted by molar-refractivity contribution is 0.604. The zero-order chi connectivity index (χ0) is 11.5. The number of sulfonamides is 1. The third-order valence-electron chi connectivity index (χ3n) is 1.41. The van der Waals surface area contributed by atoms with E-state index in [2.05, 4.69) is 32.2 Å². The molecule has 1 heterocycles. The fourth-order valence-corrected chi connectivity index (χ4v) is 2.17. The molecule has 7 heteroatoms. The van der Waals surface area contributed by atoms with E-state index in [1.165, 1.54) is 18.3 Å². The molecule has 0 saturated carbocycles. The minimum absolute atomic E-state index is 0.146. The third kappa shape index (κ3) is 3.81. The highest BCUT2D eigenvalue weighted by Crippen LogP contribution is 2.23. The van der Waals surface area contributed by atoms with Crippen LogP contribution in [0.25, 0.3) is 0 Å². The van der Waals surface area contributed by atoms with Crippen molar-refractivity contribution in [1.29, 1.82) is 0 Å². The number of rotatable bonds is 4. The molecular weight excluding hydrogens is 304 g/mol. The Hall–Kier alpha value is -0.590. The van der Waals surface area contributed by atoms with Crippen molar-refractivity contribution in [3.8, 4) is 0 Å². The second-order valence-electron chi connectivity index (χ2n) is 2.67. The maximum absolute atomic E-state index is 11.3. The molecule has 4 nitrogen and oxygen atoms in total. The smallest absolute Gasteiger partial charge is 0.236 e. The van der Waals surface area contributed by atoms with E-state index in [9.17, 15) is 8.42 Å². The fourth-order valence-electron chi connectivity index (χ4n) is 0.853. The highest BCUT2D eigenvalue weighted by Gasteiger charge is 2.09. The molecular formula is C8H8BrClN2O2S. The normalized spacial score (nSPS) is 11.1. The molecule has 0 bridgehead atoms. The summed E-state index contributed by atoms with van der Waals surface area (Å²) in [5.41, 5.74) is 0.355. The van der Waals surface area contributed by atoms with Crippen LogP contribution < -0.4 is 4.72 Å². The van der Waals surface area contributed by atoms with Crippen LogP contribution in [0.3, 0.4) is 0 Å². The molecule has 0 aliphatic heterocycles. The Labute approximate surface area is 102 Å². The van der Waals surface area contributed by atoms with Crippen LogP contribution in [-0.4, -0.2) is 19.2 Å². The summed E-state index contributed by atoms with van der Waals surface area (Å²) in [4.78, 5) is 3.79. The van der Waals surface area contributed by atoms with Crippen LogP contribution in [0.1, 0.15) is 0 Å². The first-order chi connectivity index (χ1) is 6.94.